The molecule has 4 rings (SSSR count). The second-order valence-electron chi connectivity index (χ2n) is 7.78. The van der Waals surface area contributed by atoms with E-state index in [4.69, 9.17) is 9.47 Å². The average molecular weight is 461 g/mol. The molecule has 1 amide bonds. The van der Waals surface area contributed by atoms with Crippen LogP contribution in [0.1, 0.15) is 57.4 Å². The van der Waals surface area contributed by atoms with E-state index in [-0.39, 0.29) is 6.09 Å². The molecule has 1 unspecified atom stereocenters. The van der Waals surface area contributed by atoms with Gasteiger partial charge in [0.15, 0.2) is 0 Å². The van der Waals surface area contributed by atoms with E-state index in [1.807, 2.05) is 37.3 Å². The highest BCUT2D eigenvalue weighted by Gasteiger charge is 2.17. The van der Waals surface area contributed by atoms with E-state index in [2.05, 4.69) is 4.98 Å². The van der Waals surface area contributed by atoms with Crippen LogP contribution in [0.25, 0.3) is 0 Å². The molecule has 6 nitrogen and oxygen atoms in total. The van der Waals surface area contributed by atoms with Gasteiger partial charge in [-0.3, -0.25) is 4.21 Å². The number of rotatable bonds is 6. The van der Waals surface area contributed by atoms with Gasteiger partial charge in [0.1, 0.15) is 6.61 Å². The average Bonchev–Trinajstić information content (AvgIpc) is 3.73. The monoisotopic (exact) mass is 460 g/mol. The molecule has 1 saturated carbocycles. The highest BCUT2D eigenvalue weighted by Crippen LogP contribution is 2.15. The number of piperidine rings is 1. The zero-order valence-corrected chi connectivity index (χ0v) is 20.1. The summed E-state index contributed by atoms with van der Waals surface area (Å²) in [7, 11) is -0.961. The molecule has 0 N–H and O–H groups in total. The third-order valence-corrected chi connectivity index (χ3v) is 5.57. The van der Waals surface area contributed by atoms with Crippen molar-refractivity contribution in [3.05, 3.63) is 54.2 Å². The molecular weight excluding hydrogens is 424 g/mol. The number of benzene rings is 1. The molecule has 1 aliphatic carbocycles. The van der Waals surface area contributed by atoms with Crippen LogP contribution in [0.5, 0.6) is 5.88 Å². The van der Waals surface area contributed by atoms with Gasteiger partial charge in [0.05, 0.1) is 22.3 Å². The van der Waals surface area contributed by atoms with Crippen LogP contribution in [0.15, 0.2) is 53.6 Å². The topological polar surface area (TPSA) is 68.7 Å². The van der Waals surface area contributed by atoms with Gasteiger partial charge in [0.2, 0.25) is 5.88 Å². The number of aromatic nitrogens is 1. The lowest BCUT2D eigenvalue weighted by atomic mass is 10.1. The van der Waals surface area contributed by atoms with E-state index in [1.54, 1.807) is 29.5 Å². The summed E-state index contributed by atoms with van der Waals surface area (Å²) in [5.41, 5.74) is 1.04. The van der Waals surface area contributed by atoms with Crippen molar-refractivity contribution in [3.63, 3.8) is 0 Å². The number of carbonyl (C=O) groups is 1. The van der Waals surface area contributed by atoms with Crippen LogP contribution in [-0.2, 0) is 22.1 Å². The van der Waals surface area contributed by atoms with Crippen LogP contribution >= 0.6 is 0 Å². The van der Waals surface area contributed by atoms with Gasteiger partial charge in [0, 0.05) is 31.6 Å². The molecule has 1 aliphatic heterocycles. The zero-order chi connectivity index (χ0) is 23.0. The first-order valence-electron chi connectivity index (χ1n) is 11.5. The van der Waals surface area contributed by atoms with Crippen LogP contribution < -0.4 is 4.74 Å². The highest BCUT2D eigenvalue weighted by atomic mass is 32.2. The molecule has 2 fully saturated rings. The first kappa shape index (κ1) is 25.8. The lowest BCUT2D eigenvalue weighted by Crippen LogP contribution is -2.35. The normalized spacial score (nSPS) is 15.2. The largest absolute Gasteiger partial charge is 0.478 e. The first-order valence-corrected chi connectivity index (χ1v) is 13.0. The molecular formula is C25H36N2O4S. The summed E-state index contributed by atoms with van der Waals surface area (Å²) in [4.78, 5) is 18.2. The smallest absolute Gasteiger partial charge is 0.410 e. The number of amides is 1. The van der Waals surface area contributed by atoms with Crippen molar-refractivity contribution in [1.82, 2.24) is 9.88 Å². The van der Waals surface area contributed by atoms with Crippen molar-refractivity contribution < 1.29 is 18.5 Å². The summed E-state index contributed by atoms with van der Waals surface area (Å²) < 4.78 is 21.5. The van der Waals surface area contributed by atoms with E-state index in [0.717, 1.165) is 42.8 Å². The Morgan fingerprint density at radius 2 is 1.66 bits per heavy atom. The van der Waals surface area contributed by atoms with E-state index in [1.165, 1.54) is 25.7 Å². The molecule has 7 heteroatoms. The van der Waals surface area contributed by atoms with Crippen LogP contribution in [-0.4, -0.2) is 46.1 Å². The minimum Gasteiger partial charge on any atom is -0.478 e. The molecule has 1 aromatic heterocycles. The molecule has 2 aliphatic rings. The van der Waals surface area contributed by atoms with Gasteiger partial charge in [-0.1, -0.05) is 56.5 Å². The van der Waals surface area contributed by atoms with E-state index >= 15 is 0 Å². The summed E-state index contributed by atoms with van der Waals surface area (Å²) in [6, 6.07) is 13.3. The van der Waals surface area contributed by atoms with Crippen LogP contribution in [0, 0.1) is 0 Å². The number of ether oxygens (including phenoxy) is 2. The highest BCUT2D eigenvalue weighted by molar-refractivity contribution is 7.84. The van der Waals surface area contributed by atoms with E-state index in [0.29, 0.717) is 19.1 Å². The number of carbonyl (C=O) groups excluding carboxylic acids is 1. The van der Waals surface area contributed by atoms with Crippen molar-refractivity contribution >= 4 is 16.9 Å². The molecule has 2 aromatic rings. The Hall–Kier alpha value is -2.41. The van der Waals surface area contributed by atoms with Gasteiger partial charge in [-0.2, -0.15) is 0 Å². The molecule has 32 heavy (non-hydrogen) atoms. The van der Waals surface area contributed by atoms with Crippen molar-refractivity contribution in [2.45, 2.75) is 63.4 Å². The third-order valence-electron chi connectivity index (χ3n) is 4.67. The lowest BCUT2D eigenvalue weighted by molar-refractivity contribution is 0.0894. The Morgan fingerprint density at radius 3 is 2.19 bits per heavy atom. The third kappa shape index (κ3) is 11.3. The minimum atomic E-state index is -0.961. The summed E-state index contributed by atoms with van der Waals surface area (Å²) in [5, 5.41) is 0. The lowest BCUT2D eigenvalue weighted by Gasteiger charge is -2.25. The maximum Gasteiger partial charge on any atom is 0.410 e. The fourth-order valence-corrected chi connectivity index (χ4v) is 3.18. The number of likely N-dealkylation sites (tertiary alicyclic amines) is 1. The molecule has 0 spiro atoms. The molecule has 176 valence electrons. The standard InChI is InChI=1S/C13H17NO2.C9H13NO2S.C3H6/c15-13(14-9-5-2-6-10-14)16-11-12-7-3-1-4-8-12;1-3-6-12-9-5-4-8(7-10-9)13(2)11;1-2-3-1/h1,3-4,7-8H,2,5-6,9-11H2;4-5,7H,3,6H2,1-2H3;1-3H2. The number of hydrogen-bond donors (Lipinski definition) is 0. The van der Waals surface area contributed by atoms with E-state index in [9.17, 15) is 9.00 Å². The summed E-state index contributed by atoms with van der Waals surface area (Å²) >= 11 is 0. The second-order valence-corrected chi connectivity index (χ2v) is 9.16. The summed E-state index contributed by atoms with van der Waals surface area (Å²) in [6.07, 6.45) is 11.9. The Bertz CT molecular complexity index is 789. The van der Waals surface area contributed by atoms with Gasteiger partial charge >= 0.3 is 6.09 Å². The van der Waals surface area contributed by atoms with Crippen molar-refractivity contribution in [2.24, 2.45) is 0 Å². The predicted molar refractivity (Wildman–Crippen MR) is 128 cm³/mol. The Kier molecular flexibility index (Phi) is 12.4. The molecule has 1 atom stereocenters. The van der Waals surface area contributed by atoms with Gasteiger partial charge in [0.25, 0.3) is 0 Å². The Morgan fingerprint density at radius 1 is 1.00 bits per heavy atom. The maximum absolute atomic E-state index is 11.7. The molecule has 2 heterocycles. The van der Waals surface area contributed by atoms with Crippen molar-refractivity contribution in [1.29, 1.82) is 0 Å². The Balaban J connectivity index is 0.000000204. The maximum atomic E-state index is 11.7. The molecule has 0 radical (unpaired) electrons. The first-order chi connectivity index (χ1) is 15.6. The summed E-state index contributed by atoms with van der Waals surface area (Å²) in [5.74, 6) is 0.594. The van der Waals surface area contributed by atoms with Crippen LogP contribution in [0.4, 0.5) is 4.79 Å². The van der Waals surface area contributed by atoms with Gasteiger partial charge in [-0.05, 0) is 37.3 Å². The second kappa shape index (κ2) is 15.4. The predicted octanol–water partition coefficient (Wildman–Crippen LogP) is 5.59. The molecule has 0 bridgehead atoms. The molecule has 1 aromatic carbocycles. The minimum absolute atomic E-state index is 0.177. The zero-order valence-electron chi connectivity index (χ0n) is 19.3. The SMILES string of the molecule is C1CC1.CCCOc1ccc(S(C)=O)cn1.O=C(OCc1ccccc1)N1CCCCC1. The van der Waals surface area contributed by atoms with Crippen LogP contribution in [0.3, 0.4) is 0 Å². The van der Waals surface area contributed by atoms with Gasteiger partial charge < -0.3 is 14.4 Å². The fraction of sp³-hybridized carbons (Fsp3) is 0.520. The van der Waals surface area contributed by atoms with Gasteiger partial charge in [-0.25, -0.2) is 9.78 Å². The number of hydrogen-bond acceptors (Lipinski definition) is 5. The quantitative estimate of drug-likeness (QED) is 0.562. The Labute approximate surface area is 194 Å². The van der Waals surface area contributed by atoms with E-state index < -0.39 is 10.8 Å². The fourth-order valence-electron chi connectivity index (χ4n) is 2.72. The molecule has 1 saturated heterocycles. The summed E-state index contributed by atoms with van der Waals surface area (Å²) in [6.45, 7) is 4.76. The number of pyridine rings is 1. The van der Waals surface area contributed by atoms with Crippen molar-refractivity contribution in [2.75, 3.05) is 26.0 Å². The number of nitrogens with zero attached hydrogens (tertiary/aromatic N) is 2. The van der Waals surface area contributed by atoms with Gasteiger partial charge in [-0.15, -0.1) is 0 Å². The van der Waals surface area contributed by atoms with Crippen molar-refractivity contribution in [3.8, 4) is 5.88 Å². The van der Waals surface area contributed by atoms with Crippen LogP contribution in [0.2, 0.25) is 0 Å².